The molecular weight excluding hydrogens is 767 g/mol. The first-order valence-corrected chi connectivity index (χ1v) is 27.2. The van der Waals surface area contributed by atoms with E-state index in [0.29, 0.717) is 19.3 Å². The lowest BCUT2D eigenvalue weighted by molar-refractivity contribution is -0.151. The van der Waals surface area contributed by atoms with E-state index in [9.17, 15) is 19.8 Å². The van der Waals surface area contributed by atoms with Gasteiger partial charge in [0, 0.05) is 6.42 Å². The molecule has 0 radical (unpaired) electrons. The van der Waals surface area contributed by atoms with Crippen LogP contribution >= 0.6 is 0 Å². The third kappa shape index (κ3) is 44.7. The molecule has 0 heterocycles. The van der Waals surface area contributed by atoms with E-state index >= 15 is 0 Å². The molecule has 0 fully saturated rings. The van der Waals surface area contributed by atoms with Gasteiger partial charge in [-0.05, 0) is 64.2 Å². The maximum Gasteiger partial charge on any atom is 0.306 e. The molecular formula is C56H105NO5. The standard InChI is InChI=1S/C56H105NO5/c1-4-7-10-13-16-19-22-24-26-28-29-31-33-35-38-41-44-47-52(62-56(61)49-46-43-40-37-21-18-15-12-9-6-3)50-55(60)57-53(51-58)54(59)48-45-42-39-36-34-32-30-27-25-23-20-17-14-11-8-5-2/h16,19,24,26,29,31,52-54,58-59H,4-15,17-18,20-23,25,27-28,30,32-51H2,1-3H3,(H,57,60)/b19-16-,26-24-,31-29-. The number of unbranched alkanes of at least 4 members (excludes halogenated alkanes) is 31. The fraction of sp³-hybridized carbons (Fsp3) is 0.857. The molecule has 6 nitrogen and oxygen atoms in total. The highest BCUT2D eigenvalue weighted by Gasteiger charge is 2.24. The molecule has 0 rings (SSSR count). The molecule has 0 bridgehead atoms. The van der Waals surface area contributed by atoms with Crippen molar-refractivity contribution in [3.63, 3.8) is 0 Å². The van der Waals surface area contributed by atoms with Crippen LogP contribution in [0.1, 0.15) is 284 Å². The molecule has 364 valence electrons. The highest BCUT2D eigenvalue weighted by Crippen LogP contribution is 2.18. The molecule has 3 unspecified atom stereocenters. The van der Waals surface area contributed by atoms with Crippen LogP contribution in [0.15, 0.2) is 36.5 Å². The Morgan fingerprint density at radius 2 is 0.823 bits per heavy atom. The van der Waals surface area contributed by atoms with Crippen LogP contribution in [-0.2, 0) is 14.3 Å². The minimum absolute atomic E-state index is 0.0664. The van der Waals surface area contributed by atoms with Gasteiger partial charge in [-0.2, -0.15) is 0 Å². The Bertz CT molecular complexity index is 1020. The lowest BCUT2D eigenvalue weighted by Gasteiger charge is -2.24. The van der Waals surface area contributed by atoms with Gasteiger partial charge in [0.15, 0.2) is 0 Å². The number of aliphatic hydroxyl groups excluding tert-OH is 2. The number of carbonyl (C=O) groups is 2. The second kappa shape index (κ2) is 50.1. The topological polar surface area (TPSA) is 95.9 Å². The van der Waals surface area contributed by atoms with Crippen LogP contribution in [0.4, 0.5) is 0 Å². The number of aliphatic hydroxyl groups is 2. The summed E-state index contributed by atoms with van der Waals surface area (Å²) in [5.41, 5.74) is 0. The third-order valence-electron chi connectivity index (χ3n) is 12.5. The fourth-order valence-corrected chi connectivity index (χ4v) is 8.32. The minimum atomic E-state index is -0.791. The highest BCUT2D eigenvalue weighted by molar-refractivity contribution is 5.77. The molecule has 0 aromatic heterocycles. The normalized spacial score (nSPS) is 13.4. The van der Waals surface area contributed by atoms with Crippen molar-refractivity contribution < 1.29 is 24.5 Å². The molecule has 0 aliphatic rings. The number of rotatable bonds is 49. The molecule has 62 heavy (non-hydrogen) atoms. The van der Waals surface area contributed by atoms with E-state index in [1.807, 2.05) is 0 Å². The molecule has 0 aromatic carbocycles. The fourth-order valence-electron chi connectivity index (χ4n) is 8.32. The van der Waals surface area contributed by atoms with Gasteiger partial charge in [0.2, 0.25) is 5.91 Å². The van der Waals surface area contributed by atoms with Gasteiger partial charge < -0.3 is 20.3 Å². The van der Waals surface area contributed by atoms with E-state index in [0.717, 1.165) is 77.0 Å². The van der Waals surface area contributed by atoms with Crippen molar-refractivity contribution >= 4 is 11.9 Å². The van der Waals surface area contributed by atoms with E-state index in [2.05, 4.69) is 62.5 Å². The van der Waals surface area contributed by atoms with Crippen molar-refractivity contribution in [1.29, 1.82) is 0 Å². The molecule has 3 N–H and O–H groups in total. The Hall–Kier alpha value is -1.92. The molecule has 1 amide bonds. The summed E-state index contributed by atoms with van der Waals surface area (Å²) in [4.78, 5) is 26.1. The molecule has 0 saturated heterocycles. The predicted molar refractivity (Wildman–Crippen MR) is 269 cm³/mol. The molecule has 6 heteroatoms. The number of hydrogen-bond donors (Lipinski definition) is 3. The van der Waals surface area contributed by atoms with Crippen LogP contribution in [0.3, 0.4) is 0 Å². The van der Waals surface area contributed by atoms with Crippen molar-refractivity contribution in [1.82, 2.24) is 5.32 Å². The Morgan fingerprint density at radius 1 is 0.468 bits per heavy atom. The van der Waals surface area contributed by atoms with Crippen LogP contribution in [-0.4, -0.2) is 46.9 Å². The largest absolute Gasteiger partial charge is 0.462 e. The second-order valence-electron chi connectivity index (χ2n) is 18.6. The molecule has 3 atom stereocenters. The number of hydrogen-bond acceptors (Lipinski definition) is 5. The van der Waals surface area contributed by atoms with Gasteiger partial charge in [-0.25, -0.2) is 0 Å². The lowest BCUT2D eigenvalue weighted by Crippen LogP contribution is -2.46. The van der Waals surface area contributed by atoms with Crippen LogP contribution in [0.25, 0.3) is 0 Å². The summed E-state index contributed by atoms with van der Waals surface area (Å²) in [5.74, 6) is -0.485. The van der Waals surface area contributed by atoms with E-state index in [1.165, 1.54) is 161 Å². The van der Waals surface area contributed by atoms with Crippen LogP contribution in [0, 0.1) is 0 Å². The highest BCUT2D eigenvalue weighted by atomic mass is 16.5. The number of allylic oxidation sites excluding steroid dienone is 6. The zero-order chi connectivity index (χ0) is 45.2. The number of amides is 1. The summed E-state index contributed by atoms with van der Waals surface area (Å²) in [6.07, 6.45) is 59.2. The summed E-state index contributed by atoms with van der Waals surface area (Å²) < 4.78 is 5.93. The van der Waals surface area contributed by atoms with E-state index < -0.39 is 18.2 Å². The number of ether oxygens (including phenoxy) is 1. The van der Waals surface area contributed by atoms with Gasteiger partial charge >= 0.3 is 5.97 Å². The number of nitrogens with one attached hydrogen (secondary N) is 1. The SMILES string of the molecule is CCCCC/C=C\C/C=C\C/C=C\CCCCCCC(CC(=O)NC(CO)C(O)CCCCCCCCCCCCCCCCCC)OC(=O)CCCCCCCCCCCC. The summed E-state index contributed by atoms with van der Waals surface area (Å²) in [6.45, 7) is 6.46. The van der Waals surface area contributed by atoms with Crippen molar-refractivity contribution in [3.05, 3.63) is 36.5 Å². The summed E-state index contributed by atoms with van der Waals surface area (Å²) in [6, 6.07) is -0.706. The summed E-state index contributed by atoms with van der Waals surface area (Å²) >= 11 is 0. The summed E-state index contributed by atoms with van der Waals surface area (Å²) in [5, 5.41) is 23.8. The van der Waals surface area contributed by atoms with E-state index in [1.54, 1.807) is 0 Å². The monoisotopic (exact) mass is 872 g/mol. The number of carbonyl (C=O) groups excluding carboxylic acids is 2. The van der Waals surface area contributed by atoms with Crippen molar-refractivity contribution in [2.45, 2.75) is 302 Å². The molecule has 0 aliphatic carbocycles. The third-order valence-corrected chi connectivity index (χ3v) is 12.5. The Kier molecular flexibility index (Phi) is 48.5. The Balaban J connectivity index is 4.54. The van der Waals surface area contributed by atoms with Crippen LogP contribution < -0.4 is 5.32 Å². The van der Waals surface area contributed by atoms with Crippen molar-refractivity contribution in [3.8, 4) is 0 Å². The lowest BCUT2D eigenvalue weighted by atomic mass is 10.0. The quantitative estimate of drug-likeness (QED) is 0.0321. The zero-order valence-corrected chi connectivity index (χ0v) is 41.5. The molecule has 0 spiro atoms. The maximum absolute atomic E-state index is 13.2. The average Bonchev–Trinajstić information content (AvgIpc) is 3.26. The molecule has 0 aromatic rings. The second-order valence-corrected chi connectivity index (χ2v) is 18.6. The summed E-state index contributed by atoms with van der Waals surface area (Å²) in [7, 11) is 0. The smallest absolute Gasteiger partial charge is 0.306 e. The Labute approximate surface area is 385 Å². The van der Waals surface area contributed by atoms with Gasteiger partial charge in [-0.3, -0.25) is 9.59 Å². The van der Waals surface area contributed by atoms with Crippen LogP contribution in [0.2, 0.25) is 0 Å². The predicted octanol–water partition coefficient (Wildman–Crippen LogP) is 16.5. The van der Waals surface area contributed by atoms with Gasteiger partial charge in [0.1, 0.15) is 6.10 Å². The van der Waals surface area contributed by atoms with Gasteiger partial charge in [0.25, 0.3) is 0 Å². The minimum Gasteiger partial charge on any atom is -0.462 e. The van der Waals surface area contributed by atoms with Crippen molar-refractivity contribution in [2.75, 3.05) is 6.61 Å². The molecule has 0 aliphatic heterocycles. The average molecular weight is 872 g/mol. The first kappa shape index (κ1) is 60.1. The van der Waals surface area contributed by atoms with E-state index in [4.69, 9.17) is 4.74 Å². The van der Waals surface area contributed by atoms with E-state index in [-0.39, 0.29) is 24.9 Å². The first-order chi connectivity index (χ1) is 30.5. The van der Waals surface area contributed by atoms with Gasteiger partial charge in [-0.15, -0.1) is 0 Å². The van der Waals surface area contributed by atoms with Crippen molar-refractivity contribution in [2.24, 2.45) is 0 Å². The zero-order valence-electron chi connectivity index (χ0n) is 41.5. The Morgan fingerprint density at radius 3 is 1.27 bits per heavy atom. The maximum atomic E-state index is 13.2. The van der Waals surface area contributed by atoms with Gasteiger partial charge in [0.05, 0.1) is 25.2 Å². The number of esters is 1. The molecule has 0 saturated carbocycles. The van der Waals surface area contributed by atoms with Crippen LogP contribution in [0.5, 0.6) is 0 Å². The van der Waals surface area contributed by atoms with Gasteiger partial charge in [-0.1, -0.05) is 243 Å². The first-order valence-electron chi connectivity index (χ1n) is 27.2.